The van der Waals surface area contributed by atoms with E-state index in [0.29, 0.717) is 5.22 Å². The molecule has 4 nitrogen and oxygen atoms in total. The first-order valence-electron chi connectivity index (χ1n) is 6.34. The van der Waals surface area contributed by atoms with Gasteiger partial charge in [-0.25, -0.2) is 4.98 Å². The number of pyridine rings is 1. The van der Waals surface area contributed by atoms with Crippen molar-refractivity contribution < 1.29 is 4.42 Å². The Morgan fingerprint density at radius 1 is 1.25 bits per heavy atom. The van der Waals surface area contributed by atoms with Crippen molar-refractivity contribution in [2.24, 2.45) is 0 Å². The maximum atomic E-state index is 5.98. The second-order valence-corrected chi connectivity index (χ2v) is 5.55. The van der Waals surface area contributed by atoms with Crippen molar-refractivity contribution in [2.45, 2.75) is 24.8 Å². The van der Waals surface area contributed by atoms with Gasteiger partial charge in [0.2, 0.25) is 0 Å². The quantitative estimate of drug-likeness (QED) is 0.587. The van der Waals surface area contributed by atoms with Gasteiger partial charge in [-0.1, -0.05) is 17.8 Å². The lowest BCUT2D eigenvalue weighted by Gasteiger charge is -2.06. The van der Waals surface area contributed by atoms with Gasteiger partial charge in [0.05, 0.1) is 11.2 Å². The smallest absolute Gasteiger partial charge is 0.256 e. The fraction of sp³-hybridized carbons (Fsp3) is 0.200. The van der Waals surface area contributed by atoms with Crippen LogP contribution in [-0.2, 0) is 5.75 Å². The highest BCUT2D eigenvalue weighted by Crippen LogP contribution is 2.29. The van der Waals surface area contributed by atoms with Gasteiger partial charge in [-0.05, 0) is 37.6 Å². The second-order valence-electron chi connectivity index (χ2n) is 4.62. The number of nitrogens with zero attached hydrogens (tertiary/aromatic N) is 2. The number of aryl methyl sites for hydroxylation is 2. The van der Waals surface area contributed by atoms with Crippen molar-refractivity contribution >= 4 is 28.4 Å². The Bertz CT molecular complexity index is 747. The topological polar surface area (TPSA) is 64.9 Å². The first-order chi connectivity index (χ1) is 9.65. The summed E-state index contributed by atoms with van der Waals surface area (Å²) in [7, 11) is 0. The lowest BCUT2D eigenvalue weighted by Crippen LogP contribution is -1.92. The van der Waals surface area contributed by atoms with Gasteiger partial charge in [0.1, 0.15) is 5.76 Å². The number of hydrogen-bond donors (Lipinski definition) is 1. The third-order valence-electron chi connectivity index (χ3n) is 3.25. The van der Waals surface area contributed by atoms with E-state index in [1.807, 2.05) is 38.1 Å². The maximum absolute atomic E-state index is 5.98. The molecule has 0 radical (unpaired) electrons. The molecule has 0 spiro atoms. The number of benzene rings is 1. The molecule has 0 aliphatic rings. The number of fused-ring (bicyclic) bond motifs is 1. The van der Waals surface area contributed by atoms with Crippen LogP contribution >= 0.6 is 11.8 Å². The van der Waals surface area contributed by atoms with Crippen molar-refractivity contribution in [1.29, 1.82) is 0 Å². The van der Waals surface area contributed by atoms with E-state index in [-0.39, 0.29) is 0 Å². The van der Waals surface area contributed by atoms with Crippen molar-refractivity contribution in [3.63, 3.8) is 0 Å². The Hall–Kier alpha value is -2.01. The van der Waals surface area contributed by atoms with Gasteiger partial charge in [-0.15, -0.1) is 0 Å². The van der Waals surface area contributed by atoms with E-state index in [1.165, 1.54) is 0 Å². The van der Waals surface area contributed by atoms with E-state index in [2.05, 4.69) is 9.97 Å². The molecule has 2 heterocycles. The van der Waals surface area contributed by atoms with E-state index in [1.54, 1.807) is 18.0 Å². The fourth-order valence-electron chi connectivity index (χ4n) is 2.01. The number of hydrogen-bond acceptors (Lipinski definition) is 5. The first-order valence-corrected chi connectivity index (χ1v) is 7.32. The van der Waals surface area contributed by atoms with Crippen molar-refractivity contribution in [1.82, 2.24) is 9.97 Å². The molecule has 0 fully saturated rings. The predicted octanol–water partition coefficient (Wildman–Crippen LogP) is 3.71. The zero-order valence-electron chi connectivity index (χ0n) is 11.4. The highest BCUT2D eigenvalue weighted by molar-refractivity contribution is 7.98. The molecule has 0 bridgehead atoms. The summed E-state index contributed by atoms with van der Waals surface area (Å²) in [5.41, 5.74) is 9.75. The number of nitrogen functional groups attached to an aromatic ring is 1. The van der Waals surface area contributed by atoms with Crippen LogP contribution in [0.3, 0.4) is 0 Å². The monoisotopic (exact) mass is 285 g/mol. The maximum Gasteiger partial charge on any atom is 0.256 e. The van der Waals surface area contributed by atoms with Crippen LogP contribution in [0.1, 0.15) is 17.0 Å². The highest BCUT2D eigenvalue weighted by atomic mass is 32.2. The Morgan fingerprint density at radius 3 is 2.85 bits per heavy atom. The summed E-state index contributed by atoms with van der Waals surface area (Å²) in [6.07, 6.45) is 1.79. The van der Waals surface area contributed by atoms with Gasteiger partial charge in [0, 0.05) is 23.0 Å². The Balaban J connectivity index is 1.89. The molecule has 2 aromatic heterocycles. The number of aromatic nitrogens is 2. The molecular formula is C15H15N3OS. The summed E-state index contributed by atoms with van der Waals surface area (Å²) >= 11 is 1.57. The molecule has 0 saturated heterocycles. The first kappa shape index (κ1) is 13.0. The molecule has 102 valence electrons. The fourth-order valence-corrected chi connectivity index (χ4v) is 2.91. The van der Waals surface area contributed by atoms with Crippen LogP contribution in [0.5, 0.6) is 0 Å². The molecule has 2 N–H and O–H groups in total. The van der Waals surface area contributed by atoms with E-state index >= 15 is 0 Å². The van der Waals surface area contributed by atoms with Crippen LogP contribution in [-0.4, -0.2) is 9.97 Å². The standard InChI is InChI=1S/C15H15N3OS/c1-9-10(2)19-15(18-9)20-8-11-5-6-13(16)12-4-3-7-17-14(11)12/h3-7H,8,16H2,1-2H3. The van der Waals surface area contributed by atoms with Crippen LogP contribution in [0, 0.1) is 13.8 Å². The van der Waals surface area contributed by atoms with Gasteiger partial charge in [-0.3, -0.25) is 4.98 Å². The molecule has 0 amide bonds. The normalized spacial score (nSPS) is 11.1. The second kappa shape index (κ2) is 5.17. The van der Waals surface area contributed by atoms with Crippen LogP contribution in [0.4, 0.5) is 5.69 Å². The minimum Gasteiger partial charge on any atom is -0.437 e. The zero-order chi connectivity index (χ0) is 14.1. The van der Waals surface area contributed by atoms with Gasteiger partial charge < -0.3 is 10.2 Å². The number of rotatable bonds is 3. The highest BCUT2D eigenvalue weighted by Gasteiger charge is 2.09. The van der Waals surface area contributed by atoms with E-state index in [4.69, 9.17) is 10.2 Å². The molecule has 0 atom stereocenters. The summed E-state index contributed by atoms with van der Waals surface area (Å²) in [6.45, 7) is 3.87. The minimum atomic E-state index is 0.695. The molecule has 20 heavy (non-hydrogen) atoms. The van der Waals surface area contributed by atoms with E-state index < -0.39 is 0 Å². The molecule has 0 aliphatic carbocycles. The van der Waals surface area contributed by atoms with Crippen molar-refractivity contribution in [3.05, 3.63) is 47.5 Å². The molecule has 5 heteroatoms. The van der Waals surface area contributed by atoms with Gasteiger partial charge >= 0.3 is 0 Å². The zero-order valence-corrected chi connectivity index (χ0v) is 12.2. The number of oxazole rings is 1. The third-order valence-corrected chi connectivity index (χ3v) is 4.12. The summed E-state index contributed by atoms with van der Waals surface area (Å²) in [6, 6.07) is 7.83. The Morgan fingerprint density at radius 2 is 2.10 bits per heavy atom. The Labute approximate surface area is 121 Å². The summed E-state index contributed by atoms with van der Waals surface area (Å²) in [4.78, 5) is 8.81. The minimum absolute atomic E-state index is 0.695. The number of thioether (sulfide) groups is 1. The SMILES string of the molecule is Cc1nc(SCc2ccc(N)c3cccnc23)oc1C. The largest absolute Gasteiger partial charge is 0.437 e. The summed E-state index contributed by atoms with van der Waals surface area (Å²) in [5.74, 6) is 1.63. The van der Waals surface area contributed by atoms with Crippen LogP contribution in [0.25, 0.3) is 10.9 Å². The summed E-state index contributed by atoms with van der Waals surface area (Å²) < 4.78 is 5.58. The molecule has 0 aliphatic heterocycles. The molecule has 3 rings (SSSR count). The van der Waals surface area contributed by atoms with Gasteiger partial charge in [0.25, 0.3) is 5.22 Å². The van der Waals surface area contributed by atoms with E-state index in [9.17, 15) is 0 Å². The van der Waals surface area contributed by atoms with Crippen LogP contribution < -0.4 is 5.73 Å². The number of anilines is 1. The average Bonchev–Trinajstić information content (AvgIpc) is 2.77. The molecule has 3 aromatic rings. The lowest BCUT2D eigenvalue weighted by atomic mass is 10.1. The lowest BCUT2D eigenvalue weighted by molar-refractivity contribution is 0.431. The van der Waals surface area contributed by atoms with Crippen LogP contribution in [0.15, 0.2) is 40.1 Å². The third kappa shape index (κ3) is 2.36. The predicted molar refractivity (Wildman–Crippen MR) is 81.7 cm³/mol. The molecule has 0 unspecified atom stereocenters. The molecular weight excluding hydrogens is 270 g/mol. The van der Waals surface area contributed by atoms with Crippen molar-refractivity contribution in [3.8, 4) is 0 Å². The van der Waals surface area contributed by atoms with Gasteiger partial charge in [0.15, 0.2) is 0 Å². The average molecular weight is 285 g/mol. The Kier molecular flexibility index (Phi) is 3.36. The molecule has 1 aromatic carbocycles. The van der Waals surface area contributed by atoms with Gasteiger partial charge in [-0.2, -0.15) is 0 Å². The molecule has 0 saturated carbocycles. The number of nitrogens with two attached hydrogens (primary N) is 1. The van der Waals surface area contributed by atoms with Crippen molar-refractivity contribution in [2.75, 3.05) is 5.73 Å². The van der Waals surface area contributed by atoms with Crippen LogP contribution in [0.2, 0.25) is 0 Å². The van der Waals surface area contributed by atoms with E-state index in [0.717, 1.165) is 39.4 Å². The summed E-state index contributed by atoms with van der Waals surface area (Å²) in [5, 5.41) is 1.69.